The summed E-state index contributed by atoms with van der Waals surface area (Å²) in [7, 11) is -8.38. The highest BCUT2D eigenvalue weighted by atomic mass is 32.3. The number of halogens is 2. The van der Waals surface area contributed by atoms with Crippen LogP contribution in [0.1, 0.15) is 11.1 Å². The molecule has 0 heterocycles. The second kappa shape index (κ2) is 6.01. The van der Waals surface area contributed by atoms with E-state index in [-0.39, 0.29) is 20.9 Å². The third kappa shape index (κ3) is 3.76. The number of sulfone groups is 2. The normalized spacial score (nSPS) is 12.3. The van der Waals surface area contributed by atoms with Gasteiger partial charge in [-0.15, -0.1) is 0 Å². The van der Waals surface area contributed by atoms with Crippen LogP contribution in [-0.4, -0.2) is 21.9 Å². The summed E-state index contributed by atoms with van der Waals surface area (Å²) in [6, 6.07) is 6.01. The minimum Gasteiger partial charge on any atom is -0.223 e. The first-order valence-electron chi connectivity index (χ1n) is 6.51. The second-order valence-electron chi connectivity index (χ2n) is 5.17. The number of hydrogen-bond acceptors (Lipinski definition) is 4. The van der Waals surface area contributed by atoms with Crippen LogP contribution in [0, 0.1) is 25.5 Å². The maximum Gasteiger partial charge on any atom is 0.193 e. The van der Waals surface area contributed by atoms with Crippen LogP contribution in [0.2, 0.25) is 0 Å². The van der Waals surface area contributed by atoms with Crippen molar-refractivity contribution in [3.8, 4) is 0 Å². The Balaban J connectivity index is 2.47. The van der Waals surface area contributed by atoms with Crippen molar-refractivity contribution in [2.75, 3.05) is 5.08 Å². The average Bonchev–Trinajstić information content (AvgIpc) is 2.35. The van der Waals surface area contributed by atoms with Gasteiger partial charge >= 0.3 is 0 Å². The lowest BCUT2D eigenvalue weighted by molar-refractivity contribution is 0.587. The lowest BCUT2D eigenvalue weighted by atomic mass is 10.2. The first-order chi connectivity index (χ1) is 10.5. The number of hydrogen-bond donors (Lipinski definition) is 0. The Morgan fingerprint density at radius 1 is 0.739 bits per heavy atom. The predicted molar refractivity (Wildman–Crippen MR) is 81.5 cm³/mol. The minimum atomic E-state index is -4.19. The van der Waals surface area contributed by atoms with E-state index in [1.165, 1.54) is 13.8 Å². The molecule has 0 aliphatic rings. The molecule has 0 unspecified atom stereocenters. The lowest BCUT2D eigenvalue weighted by Crippen LogP contribution is -2.18. The van der Waals surface area contributed by atoms with Gasteiger partial charge < -0.3 is 0 Å². The maximum absolute atomic E-state index is 13.1. The van der Waals surface area contributed by atoms with Crippen molar-refractivity contribution in [2.24, 2.45) is 0 Å². The molecule has 4 nitrogen and oxygen atoms in total. The molecule has 0 aliphatic heterocycles. The molecule has 0 aliphatic carbocycles. The molecule has 0 saturated heterocycles. The molecular formula is C15H14F2O4S2. The third-order valence-corrected chi connectivity index (χ3v) is 7.99. The van der Waals surface area contributed by atoms with Crippen LogP contribution in [-0.2, 0) is 19.7 Å². The summed E-state index contributed by atoms with van der Waals surface area (Å²) in [5.74, 6) is -1.22. The zero-order valence-electron chi connectivity index (χ0n) is 12.4. The standard InChI is InChI=1S/C15H14F2O4S2/c1-10-7-12(16)3-5-14(10)22(18,19)9-23(20,21)15-6-4-13(17)8-11(15)2/h3-8H,9H2,1-2H3. The molecule has 0 spiro atoms. The lowest BCUT2D eigenvalue weighted by Gasteiger charge is -2.10. The average molecular weight is 360 g/mol. The summed E-state index contributed by atoms with van der Waals surface area (Å²) in [6.45, 7) is 2.76. The summed E-state index contributed by atoms with van der Waals surface area (Å²) >= 11 is 0. The molecule has 0 N–H and O–H groups in total. The van der Waals surface area contributed by atoms with Gasteiger partial charge in [0.15, 0.2) is 24.8 Å². The largest absolute Gasteiger partial charge is 0.223 e. The first-order valence-corrected chi connectivity index (χ1v) is 9.81. The van der Waals surface area contributed by atoms with Gasteiger partial charge in [-0.2, -0.15) is 0 Å². The van der Waals surface area contributed by atoms with Crippen LogP contribution in [0.4, 0.5) is 8.78 Å². The zero-order chi connectivity index (χ0) is 17.4. The highest BCUT2D eigenvalue weighted by Crippen LogP contribution is 2.24. The second-order valence-corrected chi connectivity index (χ2v) is 9.45. The Hall–Kier alpha value is -1.80. The van der Waals surface area contributed by atoms with Gasteiger partial charge in [-0.25, -0.2) is 25.6 Å². The highest BCUT2D eigenvalue weighted by Gasteiger charge is 2.28. The van der Waals surface area contributed by atoms with E-state index in [1.54, 1.807) is 0 Å². The Labute approximate surface area is 133 Å². The summed E-state index contributed by atoms with van der Waals surface area (Å²) in [6.07, 6.45) is 0. The zero-order valence-corrected chi connectivity index (χ0v) is 14.0. The number of benzene rings is 2. The smallest absolute Gasteiger partial charge is 0.193 e. The fourth-order valence-electron chi connectivity index (χ4n) is 2.25. The molecule has 0 saturated carbocycles. The topological polar surface area (TPSA) is 68.3 Å². The quantitative estimate of drug-likeness (QED) is 0.787. The molecule has 2 rings (SSSR count). The van der Waals surface area contributed by atoms with Gasteiger partial charge in [-0.1, -0.05) is 0 Å². The van der Waals surface area contributed by atoms with Crippen molar-refractivity contribution >= 4 is 19.7 Å². The molecule has 2 aromatic carbocycles. The SMILES string of the molecule is Cc1cc(F)ccc1S(=O)(=O)CS(=O)(=O)c1ccc(F)cc1C. The van der Waals surface area contributed by atoms with Crippen LogP contribution >= 0.6 is 0 Å². The van der Waals surface area contributed by atoms with Gasteiger partial charge in [0.25, 0.3) is 0 Å². The fourth-order valence-corrected chi connectivity index (χ4v) is 6.55. The van der Waals surface area contributed by atoms with Crippen LogP contribution in [0.15, 0.2) is 46.2 Å². The van der Waals surface area contributed by atoms with Crippen molar-refractivity contribution in [3.05, 3.63) is 59.2 Å². The van der Waals surface area contributed by atoms with Gasteiger partial charge in [0, 0.05) is 0 Å². The van der Waals surface area contributed by atoms with Crippen LogP contribution < -0.4 is 0 Å². The van der Waals surface area contributed by atoms with E-state index >= 15 is 0 Å². The van der Waals surface area contributed by atoms with E-state index in [9.17, 15) is 25.6 Å². The van der Waals surface area contributed by atoms with E-state index in [0.29, 0.717) is 0 Å². The van der Waals surface area contributed by atoms with Crippen molar-refractivity contribution in [2.45, 2.75) is 23.6 Å². The van der Waals surface area contributed by atoms with E-state index < -0.39 is 36.4 Å². The Bertz CT molecular complexity index is 885. The molecule has 0 fully saturated rings. The van der Waals surface area contributed by atoms with Gasteiger partial charge in [0.1, 0.15) is 11.6 Å². The highest BCUT2D eigenvalue weighted by molar-refractivity contribution is 8.08. The predicted octanol–water partition coefficient (Wildman–Crippen LogP) is 2.79. The molecule has 0 bridgehead atoms. The molecular weight excluding hydrogens is 346 g/mol. The van der Waals surface area contributed by atoms with E-state index in [1.807, 2.05) is 0 Å². The molecule has 124 valence electrons. The monoisotopic (exact) mass is 360 g/mol. The van der Waals surface area contributed by atoms with Crippen molar-refractivity contribution < 1.29 is 25.6 Å². The van der Waals surface area contributed by atoms with Gasteiger partial charge in [0.2, 0.25) is 0 Å². The summed E-state index contributed by atoms with van der Waals surface area (Å²) in [5.41, 5.74) is 0.243. The van der Waals surface area contributed by atoms with E-state index in [2.05, 4.69) is 0 Å². The van der Waals surface area contributed by atoms with E-state index in [4.69, 9.17) is 0 Å². The summed E-state index contributed by atoms with van der Waals surface area (Å²) in [4.78, 5) is -0.496. The number of rotatable bonds is 4. The molecule has 0 radical (unpaired) electrons. The van der Waals surface area contributed by atoms with E-state index in [0.717, 1.165) is 36.4 Å². The van der Waals surface area contributed by atoms with Crippen molar-refractivity contribution in [1.82, 2.24) is 0 Å². The van der Waals surface area contributed by atoms with Crippen LogP contribution in [0.25, 0.3) is 0 Å². The fraction of sp³-hybridized carbons (Fsp3) is 0.200. The first kappa shape index (κ1) is 17.6. The molecule has 23 heavy (non-hydrogen) atoms. The minimum absolute atomic E-state index is 0.121. The Kier molecular flexibility index (Phi) is 4.59. The summed E-state index contributed by atoms with van der Waals surface area (Å²) in [5, 5.41) is -1.17. The summed E-state index contributed by atoms with van der Waals surface area (Å²) < 4.78 is 75.6. The maximum atomic E-state index is 13.1. The van der Waals surface area contributed by atoms with Crippen molar-refractivity contribution in [1.29, 1.82) is 0 Å². The van der Waals surface area contributed by atoms with Gasteiger partial charge in [-0.05, 0) is 61.4 Å². The van der Waals surface area contributed by atoms with Crippen molar-refractivity contribution in [3.63, 3.8) is 0 Å². The molecule has 0 atom stereocenters. The molecule has 2 aromatic rings. The Morgan fingerprint density at radius 3 is 1.39 bits per heavy atom. The molecule has 0 amide bonds. The molecule has 0 aromatic heterocycles. The third-order valence-electron chi connectivity index (χ3n) is 3.25. The van der Waals surface area contributed by atoms with Crippen LogP contribution in [0.3, 0.4) is 0 Å². The Morgan fingerprint density at radius 2 is 1.09 bits per heavy atom. The number of aryl methyl sites for hydroxylation is 2. The van der Waals surface area contributed by atoms with Crippen LogP contribution in [0.5, 0.6) is 0 Å². The molecule has 8 heteroatoms. The van der Waals surface area contributed by atoms with Gasteiger partial charge in [-0.3, -0.25) is 0 Å². The van der Waals surface area contributed by atoms with Gasteiger partial charge in [0.05, 0.1) is 9.79 Å².